The fourth-order valence-electron chi connectivity index (χ4n) is 4.00. The third-order valence-electron chi connectivity index (χ3n) is 5.96. The van der Waals surface area contributed by atoms with Gasteiger partial charge in [-0.3, -0.25) is 9.97 Å². The van der Waals surface area contributed by atoms with E-state index in [9.17, 15) is 8.78 Å². The predicted molar refractivity (Wildman–Crippen MR) is 144 cm³/mol. The number of nitrogens with one attached hydrogen (secondary N) is 1. The number of anilines is 1. The second-order valence-corrected chi connectivity index (χ2v) is 8.91. The topological polar surface area (TPSA) is 37.8 Å². The molecule has 0 spiro atoms. The zero-order valence-corrected chi connectivity index (χ0v) is 21.1. The largest absolute Gasteiger partial charge is 0.359 e. The minimum absolute atomic E-state index is 0.0542. The summed E-state index contributed by atoms with van der Waals surface area (Å²) in [6.45, 7) is 3.56. The molecule has 1 aromatic heterocycles. The number of nitrogens with zero attached hydrogens (tertiary/aromatic N) is 2. The van der Waals surface area contributed by atoms with Crippen LogP contribution in [0.25, 0.3) is 22.5 Å². The number of aromatic nitrogens is 2. The summed E-state index contributed by atoms with van der Waals surface area (Å²) in [5.74, 6) is -2.80. The number of allylic oxidation sites excluding steroid dienone is 2. The summed E-state index contributed by atoms with van der Waals surface area (Å²) in [6.07, 6.45) is 6.71. The molecule has 0 aliphatic rings. The monoisotopic (exact) mass is 503 g/mol. The third kappa shape index (κ3) is 5.97. The molecule has 0 unspecified atom stereocenters. The Morgan fingerprint density at radius 2 is 1.56 bits per heavy atom. The molecule has 0 aliphatic heterocycles. The molecule has 3 aromatic carbocycles. The van der Waals surface area contributed by atoms with Crippen molar-refractivity contribution in [2.24, 2.45) is 0 Å². The highest BCUT2D eigenvalue weighted by molar-refractivity contribution is 6.33. The standard InChI is InChI=1S/C30H28ClF2N3/c1-3-7-25(20-21-10-14-23(15-11-21)30(32,33)4-2)36-24-16-12-22(13-17-24)28-29(35-19-18-34-28)26-8-5-6-9-27(26)31/h5-19,36H,3-4,20H2,1-2H3/b25-7+. The summed E-state index contributed by atoms with van der Waals surface area (Å²) >= 11 is 6.41. The lowest BCUT2D eigenvalue weighted by molar-refractivity contribution is -0.00829. The molecule has 4 aromatic rings. The summed E-state index contributed by atoms with van der Waals surface area (Å²) in [7, 11) is 0. The van der Waals surface area contributed by atoms with Crippen molar-refractivity contribution in [1.82, 2.24) is 9.97 Å². The van der Waals surface area contributed by atoms with Crippen LogP contribution in [0.2, 0.25) is 5.02 Å². The molecule has 0 radical (unpaired) electrons. The second-order valence-electron chi connectivity index (χ2n) is 8.51. The van der Waals surface area contributed by atoms with E-state index in [1.165, 1.54) is 19.1 Å². The van der Waals surface area contributed by atoms with Gasteiger partial charge in [-0.1, -0.05) is 86.1 Å². The van der Waals surface area contributed by atoms with E-state index >= 15 is 0 Å². The molecule has 0 bridgehead atoms. The van der Waals surface area contributed by atoms with Crippen LogP contribution in [-0.2, 0) is 12.3 Å². The highest BCUT2D eigenvalue weighted by Crippen LogP contribution is 2.34. The van der Waals surface area contributed by atoms with E-state index in [0.717, 1.165) is 45.9 Å². The lowest BCUT2D eigenvalue weighted by Gasteiger charge is -2.16. The molecule has 1 N–H and O–H groups in total. The van der Waals surface area contributed by atoms with Crippen molar-refractivity contribution in [3.63, 3.8) is 0 Å². The summed E-state index contributed by atoms with van der Waals surface area (Å²) < 4.78 is 27.9. The normalized spacial score (nSPS) is 12.0. The quantitative estimate of drug-likeness (QED) is 0.248. The molecule has 1 heterocycles. The van der Waals surface area contributed by atoms with E-state index in [1.54, 1.807) is 24.5 Å². The van der Waals surface area contributed by atoms with Gasteiger partial charge in [0, 0.05) is 53.3 Å². The van der Waals surface area contributed by atoms with Gasteiger partial charge >= 0.3 is 0 Å². The first-order valence-electron chi connectivity index (χ1n) is 12.0. The van der Waals surface area contributed by atoms with Crippen molar-refractivity contribution in [1.29, 1.82) is 0 Å². The van der Waals surface area contributed by atoms with Crippen molar-refractivity contribution < 1.29 is 8.78 Å². The summed E-state index contributed by atoms with van der Waals surface area (Å²) in [6, 6.07) is 22.2. The van der Waals surface area contributed by atoms with E-state index in [0.29, 0.717) is 11.4 Å². The number of hydrogen-bond donors (Lipinski definition) is 1. The minimum atomic E-state index is -2.80. The number of rotatable bonds is 9. The van der Waals surface area contributed by atoms with Crippen LogP contribution in [0.1, 0.15) is 37.8 Å². The molecule has 0 saturated heterocycles. The van der Waals surface area contributed by atoms with Crippen LogP contribution in [0.4, 0.5) is 14.5 Å². The van der Waals surface area contributed by atoms with E-state index < -0.39 is 5.92 Å². The first kappa shape index (κ1) is 25.5. The van der Waals surface area contributed by atoms with Crippen molar-refractivity contribution >= 4 is 17.3 Å². The van der Waals surface area contributed by atoms with E-state index in [2.05, 4.69) is 28.3 Å². The van der Waals surface area contributed by atoms with Crippen LogP contribution < -0.4 is 5.32 Å². The lowest BCUT2D eigenvalue weighted by atomic mass is 10.0. The van der Waals surface area contributed by atoms with E-state index in [-0.39, 0.29) is 12.0 Å². The Bertz CT molecular complexity index is 1330. The molecule has 4 rings (SSSR count). The van der Waals surface area contributed by atoms with Crippen molar-refractivity contribution in [2.45, 2.75) is 39.0 Å². The Kier molecular flexibility index (Phi) is 8.11. The van der Waals surface area contributed by atoms with Gasteiger partial charge in [-0.2, -0.15) is 0 Å². The number of alkyl halides is 2. The maximum absolute atomic E-state index is 13.9. The SMILES string of the molecule is CC/C=C(\Cc1ccc(C(F)(F)CC)cc1)Nc1ccc(-c2nccnc2-c2ccccc2Cl)cc1. The minimum Gasteiger partial charge on any atom is -0.359 e. The predicted octanol–water partition coefficient (Wildman–Crippen LogP) is 8.91. The van der Waals surface area contributed by atoms with Crippen molar-refractivity contribution in [3.8, 4) is 22.5 Å². The van der Waals surface area contributed by atoms with Crippen LogP contribution in [0.3, 0.4) is 0 Å². The van der Waals surface area contributed by atoms with E-state index in [4.69, 9.17) is 11.6 Å². The number of hydrogen-bond acceptors (Lipinski definition) is 3. The van der Waals surface area contributed by atoms with Crippen LogP contribution in [0, 0.1) is 0 Å². The van der Waals surface area contributed by atoms with Crippen molar-refractivity contribution in [3.05, 3.63) is 113 Å². The molecule has 0 fully saturated rings. The van der Waals surface area contributed by atoms with E-state index in [1.807, 2.05) is 48.5 Å². The number of halogens is 3. The highest BCUT2D eigenvalue weighted by atomic mass is 35.5. The van der Waals surface area contributed by atoms with Crippen LogP contribution >= 0.6 is 11.6 Å². The number of benzene rings is 3. The Labute approximate surface area is 215 Å². The van der Waals surface area contributed by atoms with Gasteiger partial charge in [0.05, 0.1) is 16.4 Å². The second kappa shape index (κ2) is 11.4. The highest BCUT2D eigenvalue weighted by Gasteiger charge is 2.28. The first-order chi connectivity index (χ1) is 17.4. The van der Waals surface area contributed by atoms with Gasteiger partial charge < -0.3 is 5.32 Å². The Hall–Kier alpha value is -3.57. The first-order valence-corrected chi connectivity index (χ1v) is 12.4. The molecule has 184 valence electrons. The zero-order valence-electron chi connectivity index (χ0n) is 20.3. The van der Waals surface area contributed by atoms with Crippen LogP contribution in [0.5, 0.6) is 0 Å². The molecule has 0 saturated carbocycles. The summed E-state index contributed by atoms with van der Waals surface area (Å²) in [5.41, 5.74) is 6.21. The fraction of sp³-hybridized carbons (Fsp3) is 0.200. The van der Waals surface area contributed by atoms with Gasteiger partial charge in [0.1, 0.15) is 0 Å². The Morgan fingerprint density at radius 1 is 0.889 bits per heavy atom. The summed E-state index contributed by atoms with van der Waals surface area (Å²) in [5, 5.41) is 4.10. The Morgan fingerprint density at radius 3 is 2.19 bits per heavy atom. The molecule has 0 aliphatic carbocycles. The van der Waals surface area contributed by atoms with Gasteiger partial charge in [-0.15, -0.1) is 0 Å². The molecule has 0 atom stereocenters. The maximum Gasteiger partial charge on any atom is 0.273 e. The average molecular weight is 504 g/mol. The van der Waals surface area contributed by atoms with Gasteiger partial charge in [0.15, 0.2) is 0 Å². The van der Waals surface area contributed by atoms with Crippen LogP contribution in [0.15, 0.2) is 97.0 Å². The molecule has 36 heavy (non-hydrogen) atoms. The molecule has 0 amide bonds. The van der Waals surface area contributed by atoms with Gasteiger partial charge in [-0.05, 0) is 30.2 Å². The molecule has 3 nitrogen and oxygen atoms in total. The van der Waals surface area contributed by atoms with Gasteiger partial charge in [-0.25, -0.2) is 8.78 Å². The van der Waals surface area contributed by atoms with Gasteiger partial charge in [0.25, 0.3) is 5.92 Å². The van der Waals surface area contributed by atoms with Gasteiger partial charge in [0.2, 0.25) is 0 Å². The maximum atomic E-state index is 13.9. The molecular weight excluding hydrogens is 476 g/mol. The zero-order chi connectivity index (χ0) is 25.5. The third-order valence-corrected chi connectivity index (χ3v) is 6.29. The average Bonchev–Trinajstić information content (AvgIpc) is 2.90. The van der Waals surface area contributed by atoms with Crippen LogP contribution in [-0.4, -0.2) is 9.97 Å². The van der Waals surface area contributed by atoms with Crippen molar-refractivity contribution in [2.75, 3.05) is 5.32 Å². The smallest absolute Gasteiger partial charge is 0.273 e. The fourth-order valence-corrected chi connectivity index (χ4v) is 4.23. The Balaban J connectivity index is 1.52. The lowest BCUT2D eigenvalue weighted by Crippen LogP contribution is -2.11. The molecule has 6 heteroatoms. The summed E-state index contributed by atoms with van der Waals surface area (Å²) in [4.78, 5) is 9.10. The molecular formula is C30H28ClF2N3.